The number of benzene rings is 1. The van der Waals surface area contributed by atoms with Crippen LogP contribution in [0.3, 0.4) is 0 Å². The molecular weight excluding hydrogens is 214 g/mol. The summed E-state index contributed by atoms with van der Waals surface area (Å²) in [6.45, 7) is 0. The van der Waals surface area contributed by atoms with E-state index in [4.69, 9.17) is 16.6 Å². The molecule has 0 aliphatic rings. The molecule has 0 saturated heterocycles. The third-order valence-corrected chi connectivity index (χ3v) is 1.91. The number of nitrogens with one attached hydrogen (secondary N) is 1. The summed E-state index contributed by atoms with van der Waals surface area (Å²) in [6.07, 6.45) is 0. The van der Waals surface area contributed by atoms with Crippen molar-refractivity contribution < 1.29 is 9.90 Å². The van der Waals surface area contributed by atoms with Crippen LogP contribution in [0, 0.1) is 0 Å². The number of hydrogen-bond donors (Lipinski definition) is 4. The third kappa shape index (κ3) is 3.19. The highest BCUT2D eigenvalue weighted by atomic mass is 32.1. The Morgan fingerprint density at radius 2 is 1.93 bits per heavy atom. The summed E-state index contributed by atoms with van der Waals surface area (Å²) < 4.78 is 0. The lowest BCUT2D eigenvalue weighted by Gasteiger charge is -2.08. The minimum absolute atomic E-state index is 0.158. The zero-order chi connectivity index (χ0) is 11.4. The van der Waals surface area contributed by atoms with Crippen molar-refractivity contribution in [2.24, 2.45) is 11.5 Å². The second-order valence-corrected chi connectivity index (χ2v) is 3.37. The Morgan fingerprint density at radius 1 is 1.40 bits per heavy atom. The predicted octanol–water partition coefficient (Wildman–Crippen LogP) is 0.426. The maximum atomic E-state index is 10.6. The number of aliphatic carboxylic acids is 1. The fourth-order valence-electron chi connectivity index (χ4n) is 1.06. The molecule has 6 N–H and O–H groups in total. The summed E-state index contributed by atoms with van der Waals surface area (Å²) in [5.41, 5.74) is 11.9. The van der Waals surface area contributed by atoms with Gasteiger partial charge in [-0.25, -0.2) is 0 Å². The molecule has 0 radical (unpaired) electrons. The van der Waals surface area contributed by atoms with Crippen LogP contribution < -0.4 is 16.8 Å². The van der Waals surface area contributed by atoms with Crippen molar-refractivity contribution in [3.63, 3.8) is 0 Å². The number of hydrogen-bond acceptors (Lipinski definition) is 3. The molecule has 1 aromatic rings. The van der Waals surface area contributed by atoms with E-state index in [-0.39, 0.29) is 5.11 Å². The van der Waals surface area contributed by atoms with Crippen molar-refractivity contribution in [3.8, 4) is 0 Å². The lowest BCUT2D eigenvalue weighted by molar-refractivity contribution is -0.138. The van der Waals surface area contributed by atoms with Gasteiger partial charge in [-0.05, 0) is 29.9 Å². The van der Waals surface area contributed by atoms with E-state index in [1.807, 2.05) is 0 Å². The maximum absolute atomic E-state index is 10.6. The first kappa shape index (κ1) is 11.4. The van der Waals surface area contributed by atoms with Gasteiger partial charge in [-0.15, -0.1) is 0 Å². The van der Waals surface area contributed by atoms with E-state index in [1.54, 1.807) is 24.3 Å². The van der Waals surface area contributed by atoms with Crippen molar-refractivity contribution in [2.45, 2.75) is 6.04 Å². The smallest absolute Gasteiger partial charge is 0.325 e. The first-order valence-electron chi connectivity index (χ1n) is 4.15. The predicted molar refractivity (Wildman–Crippen MR) is 61.4 cm³/mol. The number of carboxylic acid groups (broad SMARTS) is 1. The quantitative estimate of drug-likeness (QED) is 0.556. The third-order valence-electron chi connectivity index (χ3n) is 1.80. The summed E-state index contributed by atoms with van der Waals surface area (Å²) in [7, 11) is 0. The van der Waals surface area contributed by atoms with Gasteiger partial charge in [0.2, 0.25) is 0 Å². The van der Waals surface area contributed by atoms with Crippen LogP contribution in [-0.2, 0) is 4.79 Å². The highest BCUT2D eigenvalue weighted by Gasteiger charge is 2.13. The topological polar surface area (TPSA) is 101 Å². The number of thiocarbonyl (C=S) groups is 1. The van der Waals surface area contributed by atoms with Gasteiger partial charge in [-0.2, -0.15) is 0 Å². The van der Waals surface area contributed by atoms with Crippen LogP contribution in [0.25, 0.3) is 0 Å². The van der Waals surface area contributed by atoms with Gasteiger partial charge in [-0.1, -0.05) is 12.1 Å². The zero-order valence-corrected chi connectivity index (χ0v) is 8.62. The molecule has 0 amide bonds. The van der Waals surface area contributed by atoms with Crippen molar-refractivity contribution in [1.29, 1.82) is 0 Å². The fraction of sp³-hybridized carbons (Fsp3) is 0.111. The Kier molecular flexibility index (Phi) is 3.59. The van der Waals surface area contributed by atoms with Gasteiger partial charge in [0.25, 0.3) is 0 Å². The largest absolute Gasteiger partial charge is 0.480 e. The molecule has 0 spiro atoms. The average Bonchev–Trinajstić information content (AvgIpc) is 2.17. The van der Waals surface area contributed by atoms with Crippen LogP contribution in [0.1, 0.15) is 11.6 Å². The standard InChI is InChI=1S/C9H11N3O2S/c10-7(8(13)14)5-1-3-6(4-2-5)12-9(11)15/h1-4,7H,10H2,(H,13,14)(H3,11,12,15). The van der Waals surface area contributed by atoms with E-state index in [2.05, 4.69) is 17.5 Å². The lowest BCUT2D eigenvalue weighted by Crippen LogP contribution is -2.21. The van der Waals surface area contributed by atoms with E-state index in [9.17, 15) is 4.79 Å². The molecule has 0 saturated carbocycles. The molecular formula is C9H11N3O2S. The highest BCUT2D eigenvalue weighted by Crippen LogP contribution is 2.14. The molecule has 15 heavy (non-hydrogen) atoms. The van der Waals surface area contributed by atoms with Crippen LogP contribution in [0.15, 0.2) is 24.3 Å². The maximum Gasteiger partial charge on any atom is 0.325 e. The summed E-state index contributed by atoms with van der Waals surface area (Å²) in [6, 6.07) is 5.54. The average molecular weight is 225 g/mol. The van der Waals surface area contributed by atoms with Gasteiger partial charge < -0.3 is 21.9 Å². The molecule has 6 heteroatoms. The van der Waals surface area contributed by atoms with Crippen molar-refractivity contribution in [2.75, 3.05) is 5.32 Å². The van der Waals surface area contributed by atoms with Gasteiger partial charge in [0, 0.05) is 5.69 Å². The number of anilines is 1. The Labute approximate surface area is 92.1 Å². The van der Waals surface area contributed by atoms with Crippen LogP contribution >= 0.6 is 12.2 Å². The molecule has 5 nitrogen and oxygen atoms in total. The molecule has 0 heterocycles. The molecule has 1 atom stereocenters. The molecule has 80 valence electrons. The molecule has 0 aliphatic carbocycles. The van der Waals surface area contributed by atoms with Crippen molar-refractivity contribution >= 4 is 29.0 Å². The Morgan fingerprint density at radius 3 is 2.33 bits per heavy atom. The second-order valence-electron chi connectivity index (χ2n) is 2.93. The molecule has 0 aromatic heterocycles. The normalized spacial score (nSPS) is 11.8. The number of carbonyl (C=O) groups is 1. The Balaban J connectivity index is 2.80. The van der Waals surface area contributed by atoms with Crippen molar-refractivity contribution in [1.82, 2.24) is 0 Å². The van der Waals surface area contributed by atoms with Crippen LogP contribution in [0.5, 0.6) is 0 Å². The molecule has 0 fully saturated rings. The molecule has 0 bridgehead atoms. The highest BCUT2D eigenvalue weighted by molar-refractivity contribution is 7.80. The first-order valence-corrected chi connectivity index (χ1v) is 4.56. The fourth-order valence-corrected chi connectivity index (χ4v) is 1.18. The second kappa shape index (κ2) is 4.72. The monoisotopic (exact) mass is 225 g/mol. The van der Waals surface area contributed by atoms with Gasteiger partial charge >= 0.3 is 5.97 Å². The van der Waals surface area contributed by atoms with E-state index in [0.29, 0.717) is 11.3 Å². The van der Waals surface area contributed by atoms with Crippen LogP contribution in [-0.4, -0.2) is 16.2 Å². The Bertz CT molecular complexity index is 377. The van der Waals surface area contributed by atoms with Gasteiger partial charge in [0.05, 0.1) is 0 Å². The minimum atomic E-state index is -1.06. The number of nitrogens with two attached hydrogens (primary N) is 2. The summed E-state index contributed by atoms with van der Waals surface area (Å²) in [5, 5.41) is 11.5. The van der Waals surface area contributed by atoms with E-state index >= 15 is 0 Å². The van der Waals surface area contributed by atoms with E-state index < -0.39 is 12.0 Å². The first-order chi connectivity index (χ1) is 7.00. The van der Waals surface area contributed by atoms with Crippen LogP contribution in [0.2, 0.25) is 0 Å². The van der Waals surface area contributed by atoms with E-state index in [1.165, 1.54) is 0 Å². The number of rotatable bonds is 3. The molecule has 1 aromatic carbocycles. The molecule has 1 unspecified atom stereocenters. The van der Waals surface area contributed by atoms with Gasteiger partial charge in [0.1, 0.15) is 6.04 Å². The van der Waals surface area contributed by atoms with Gasteiger partial charge in [0.15, 0.2) is 5.11 Å². The minimum Gasteiger partial charge on any atom is -0.480 e. The summed E-state index contributed by atoms with van der Waals surface area (Å²) >= 11 is 4.65. The van der Waals surface area contributed by atoms with E-state index in [0.717, 1.165) is 0 Å². The van der Waals surface area contributed by atoms with Gasteiger partial charge in [-0.3, -0.25) is 4.79 Å². The zero-order valence-electron chi connectivity index (χ0n) is 7.81. The van der Waals surface area contributed by atoms with Crippen molar-refractivity contribution in [3.05, 3.63) is 29.8 Å². The Hall–Kier alpha value is -1.66. The summed E-state index contributed by atoms with van der Waals surface area (Å²) in [4.78, 5) is 10.6. The lowest BCUT2D eigenvalue weighted by atomic mass is 10.1. The number of carboxylic acids is 1. The van der Waals surface area contributed by atoms with Crippen LogP contribution in [0.4, 0.5) is 5.69 Å². The molecule has 0 aliphatic heterocycles. The summed E-state index contributed by atoms with van der Waals surface area (Å²) in [5.74, 6) is -1.06. The SMILES string of the molecule is NC(=S)Nc1ccc(C(N)C(=O)O)cc1. The molecule has 1 rings (SSSR count).